The zero-order valence-corrected chi connectivity index (χ0v) is 15.7. The lowest BCUT2D eigenvalue weighted by Crippen LogP contribution is -2.47. The van der Waals surface area contributed by atoms with Gasteiger partial charge in [0.15, 0.2) is 5.60 Å². The molecule has 4 rings (SSSR count). The second kappa shape index (κ2) is 7.32. The topological polar surface area (TPSA) is 58.6 Å². The number of ether oxygens (including phenoxy) is 1. The molecule has 0 aromatic heterocycles. The molecule has 3 fully saturated rings. The molecule has 0 amide bonds. The van der Waals surface area contributed by atoms with Crippen LogP contribution in [0.4, 0.5) is 0 Å². The van der Waals surface area contributed by atoms with Crippen LogP contribution in [0.15, 0.2) is 30.3 Å². The third-order valence-corrected chi connectivity index (χ3v) is 7.17. The number of fused-ring (bicyclic) bond motifs is 2. The molecular formula is C22H31NO3. The van der Waals surface area contributed by atoms with Crippen molar-refractivity contribution in [2.75, 3.05) is 7.05 Å². The molecule has 0 spiro atoms. The van der Waals surface area contributed by atoms with Crippen molar-refractivity contribution < 1.29 is 14.6 Å². The molecule has 0 saturated heterocycles. The van der Waals surface area contributed by atoms with E-state index in [0.29, 0.717) is 23.4 Å². The average molecular weight is 357 g/mol. The quantitative estimate of drug-likeness (QED) is 0.793. The van der Waals surface area contributed by atoms with E-state index in [1.54, 1.807) is 0 Å². The maximum absolute atomic E-state index is 13.3. The van der Waals surface area contributed by atoms with Gasteiger partial charge in [-0.25, -0.2) is 4.79 Å². The van der Waals surface area contributed by atoms with E-state index in [2.05, 4.69) is 5.32 Å². The first kappa shape index (κ1) is 18.0. The SMILES string of the molecule is CN[C@H]1[C@H]2CC[C@@H]1[C@H](OC(=O)[C@](O)(c1ccccc1)C1CCCCC1)C2. The van der Waals surface area contributed by atoms with Gasteiger partial charge in [-0.3, -0.25) is 0 Å². The van der Waals surface area contributed by atoms with Crippen molar-refractivity contribution in [2.45, 2.75) is 69.1 Å². The molecule has 3 aliphatic rings. The van der Waals surface area contributed by atoms with Crippen LogP contribution in [-0.2, 0) is 15.1 Å². The van der Waals surface area contributed by atoms with E-state index in [4.69, 9.17) is 4.74 Å². The van der Waals surface area contributed by atoms with Gasteiger partial charge in [-0.05, 0) is 50.6 Å². The number of carbonyl (C=O) groups excluding carboxylic acids is 1. The second-order valence-corrected chi connectivity index (χ2v) is 8.46. The minimum atomic E-state index is -1.52. The van der Waals surface area contributed by atoms with Crippen LogP contribution in [0.25, 0.3) is 0 Å². The molecule has 5 atom stereocenters. The molecule has 4 nitrogen and oxygen atoms in total. The summed E-state index contributed by atoms with van der Waals surface area (Å²) in [5.41, 5.74) is -0.830. The molecule has 1 aromatic carbocycles. The zero-order chi connectivity index (χ0) is 18.1. The monoisotopic (exact) mass is 357 g/mol. The summed E-state index contributed by atoms with van der Waals surface area (Å²) in [5.74, 6) is 0.510. The minimum Gasteiger partial charge on any atom is -0.460 e. The number of hydrogen-bond donors (Lipinski definition) is 2. The lowest BCUT2D eigenvalue weighted by Gasteiger charge is -2.38. The Morgan fingerprint density at radius 1 is 1.12 bits per heavy atom. The summed E-state index contributed by atoms with van der Waals surface area (Å²) in [6.07, 6.45) is 8.30. The molecule has 4 heteroatoms. The Bertz CT molecular complexity index is 628. The zero-order valence-electron chi connectivity index (χ0n) is 15.7. The number of rotatable bonds is 5. The molecule has 3 saturated carbocycles. The minimum absolute atomic E-state index is 0.0511. The highest BCUT2D eigenvalue weighted by molar-refractivity contribution is 5.81. The molecule has 0 radical (unpaired) electrons. The van der Waals surface area contributed by atoms with Crippen LogP contribution in [0.1, 0.15) is 56.9 Å². The lowest BCUT2D eigenvalue weighted by molar-refractivity contribution is -0.183. The maximum Gasteiger partial charge on any atom is 0.343 e. The van der Waals surface area contributed by atoms with E-state index in [1.807, 2.05) is 37.4 Å². The van der Waals surface area contributed by atoms with Gasteiger partial charge >= 0.3 is 5.97 Å². The van der Waals surface area contributed by atoms with E-state index in [0.717, 1.165) is 38.5 Å². The number of nitrogens with one attached hydrogen (secondary N) is 1. The van der Waals surface area contributed by atoms with Crippen molar-refractivity contribution >= 4 is 5.97 Å². The highest BCUT2D eigenvalue weighted by Crippen LogP contribution is 2.47. The predicted molar refractivity (Wildman–Crippen MR) is 100 cm³/mol. The molecule has 2 bridgehead atoms. The first-order valence-corrected chi connectivity index (χ1v) is 10.3. The summed E-state index contributed by atoms with van der Waals surface area (Å²) in [6.45, 7) is 0. The van der Waals surface area contributed by atoms with E-state index >= 15 is 0 Å². The Balaban J connectivity index is 1.57. The normalized spacial score (nSPS) is 33.8. The second-order valence-electron chi connectivity index (χ2n) is 8.46. The Morgan fingerprint density at radius 2 is 1.85 bits per heavy atom. The number of carbonyl (C=O) groups is 1. The van der Waals surface area contributed by atoms with E-state index in [1.165, 1.54) is 12.8 Å². The highest BCUT2D eigenvalue weighted by Gasteiger charge is 2.53. The summed E-state index contributed by atoms with van der Waals surface area (Å²) in [7, 11) is 2.00. The summed E-state index contributed by atoms with van der Waals surface area (Å²) >= 11 is 0. The van der Waals surface area contributed by atoms with Crippen molar-refractivity contribution in [3.8, 4) is 0 Å². The number of aliphatic hydroxyl groups is 1. The Labute approximate surface area is 156 Å². The van der Waals surface area contributed by atoms with Gasteiger partial charge in [-0.15, -0.1) is 0 Å². The van der Waals surface area contributed by atoms with Crippen LogP contribution in [-0.4, -0.2) is 30.3 Å². The number of esters is 1. The van der Waals surface area contributed by atoms with E-state index in [-0.39, 0.29) is 12.0 Å². The summed E-state index contributed by atoms with van der Waals surface area (Å²) in [5, 5.41) is 15.0. The van der Waals surface area contributed by atoms with Gasteiger partial charge in [0, 0.05) is 17.9 Å². The molecule has 0 aliphatic heterocycles. The fraction of sp³-hybridized carbons (Fsp3) is 0.682. The number of hydrogen-bond acceptors (Lipinski definition) is 4. The van der Waals surface area contributed by atoms with Gasteiger partial charge < -0.3 is 15.2 Å². The van der Waals surface area contributed by atoms with Crippen LogP contribution < -0.4 is 5.32 Å². The van der Waals surface area contributed by atoms with E-state index < -0.39 is 11.6 Å². The fourth-order valence-electron chi connectivity index (χ4n) is 5.82. The Hall–Kier alpha value is -1.39. The largest absolute Gasteiger partial charge is 0.460 e. The van der Waals surface area contributed by atoms with Gasteiger partial charge in [0.05, 0.1) is 0 Å². The first-order valence-electron chi connectivity index (χ1n) is 10.3. The predicted octanol–water partition coefficient (Wildman–Crippen LogP) is 3.38. The molecule has 0 heterocycles. The van der Waals surface area contributed by atoms with E-state index in [9.17, 15) is 9.90 Å². The van der Waals surface area contributed by atoms with Gasteiger partial charge in [0.1, 0.15) is 6.10 Å². The third kappa shape index (κ3) is 2.97. The van der Waals surface area contributed by atoms with Crippen molar-refractivity contribution in [2.24, 2.45) is 17.8 Å². The molecule has 3 aliphatic carbocycles. The highest BCUT2D eigenvalue weighted by atomic mass is 16.6. The van der Waals surface area contributed by atoms with Gasteiger partial charge in [-0.2, -0.15) is 0 Å². The molecule has 142 valence electrons. The first-order chi connectivity index (χ1) is 12.6. The van der Waals surface area contributed by atoms with Crippen molar-refractivity contribution in [3.63, 3.8) is 0 Å². The van der Waals surface area contributed by atoms with Gasteiger partial charge in [-0.1, -0.05) is 49.6 Å². The van der Waals surface area contributed by atoms with Crippen LogP contribution in [0.3, 0.4) is 0 Å². The smallest absolute Gasteiger partial charge is 0.343 e. The molecular weight excluding hydrogens is 326 g/mol. The van der Waals surface area contributed by atoms with Gasteiger partial charge in [0.2, 0.25) is 0 Å². The Kier molecular flexibility index (Phi) is 5.07. The summed E-state index contributed by atoms with van der Waals surface area (Å²) in [4.78, 5) is 13.3. The maximum atomic E-state index is 13.3. The fourth-order valence-corrected chi connectivity index (χ4v) is 5.82. The van der Waals surface area contributed by atoms with Crippen LogP contribution >= 0.6 is 0 Å². The van der Waals surface area contributed by atoms with Crippen LogP contribution in [0.2, 0.25) is 0 Å². The molecule has 1 aromatic rings. The Morgan fingerprint density at radius 3 is 2.50 bits per heavy atom. The summed E-state index contributed by atoms with van der Waals surface area (Å²) < 4.78 is 6.02. The van der Waals surface area contributed by atoms with Crippen molar-refractivity contribution in [1.29, 1.82) is 0 Å². The van der Waals surface area contributed by atoms with Crippen LogP contribution in [0.5, 0.6) is 0 Å². The lowest BCUT2D eigenvalue weighted by atomic mass is 9.73. The van der Waals surface area contributed by atoms with Crippen molar-refractivity contribution in [3.05, 3.63) is 35.9 Å². The van der Waals surface area contributed by atoms with Gasteiger partial charge in [0.25, 0.3) is 0 Å². The average Bonchev–Trinajstić information content (AvgIpc) is 3.25. The summed E-state index contributed by atoms with van der Waals surface area (Å²) in [6, 6.07) is 9.90. The standard InChI is InChI=1S/C22H31NO3/c1-23-20-15-12-13-18(20)19(14-15)26-21(24)22(25,16-8-4-2-5-9-16)17-10-6-3-7-11-17/h2,4-5,8-9,15,17-20,23,25H,3,6-7,10-14H2,1H3/t15-,18+,19+,20-,22-/m0/s1. The number of benzene rings is 1. The molecule has 26 heavy (non-hydrogen) atoms. The molecule has 2 N–H and O–H groups in total. The van der Waals surface area contributed by atoms with Crippen molar-refractivity contribution in [1.82, 2.24) is 5.32 Å². The third-order valence-electron chi connectivity index (χ3n) is 7.17. The molecule has 0 unspecified atom stereocenters. The van der Waals surface area contributed by atoms with Crippen LogP contribution in [0, 0.1) is 17.8 Å².